The highest BCUT2D eigenvalue weighted by Crippen LogP contribution is 2.61. The Labute approximate surface area is 502 Å². The topological polar surface area (TPSA) is 269 Å². The third-order valence-electron chi connectivity index (χ3n) is 19.8. The van der Waals surface area contributed by atoms with Gasteiger partial charge in [0.2, 0.25) is 0 Å². The molecule has 3 spiro atoms. The van der Waals surface area contributed by atoms with Crippen LogP contribution in [0.4, 0.5) is 0 Å². The smallest absolute Gasteiger partial charge is 0.287 e. The maximum Gasteiger partial charge on any atom is 0.287 e. The summed E-state index contributed by atoms with van der Waals surface area (Å²) in [6.07, 6.45) is 24.6. The molecule has 450 valence electrons. The van der Waals surface area contributed by atoms with E-state index in [4.69, 9.17) is 13.3 Å². The number of nitrogens with one attached hydrogen (secondary N) is 3. The van der Waals surface area contributed by atoms with Crippen molar-refractivity contribution in [3.63, 3.8) is 0 Å². The molecule has 3 atom stereocenters. The first-order valence-electron chi connectivity index (χ1n) is 30.3. The third-order valence-corrected chi connectivity index (χ3v) is 19.8. The Morgan fingerprint density at radius 3 is 1.31 bits per heavy atom. The zero-order valence-electron chi connectivity index (χ0n) is 49.3. The number of aromatic nitrogens is 5. The molecule has 3 aliphatic carbocycles. The van der Waals surface area contributed by atoms with Gasteiger partial charge in [-0.2, -0.15) is 5.10 Å². The number of hydrogen-bond donors (Lipinski definition) is 3. The van der Waals surface area contributed by atoms with E-state index >= 15 is 0 Å². The molecular formula is C65H71N13O9. The molecule has 6 fully saturated rings. The summed E-state index contributed by atoms with van der Waals surface area (Å²) in [5.74, 6) is 2.04. The van der Waals surface area contributed by atoms with Crippen LogP contribution in [0.5, 0.6) is 0 Å². The molecule has 7 aromatic rings. The maximum absolute atomic E-state index is 12.7. The molecule has 12 heterocycles. The lowest BCUT2D eigenvalue weighted by molar-refractivity contribution is -0.128. The molecule has 0 aromatic carbocycles. The number of aliphatic imine (C=N–C) groups is 2. The highest BCUT2D eigenvalue weighted by molar-refractivity contribution is 6.44. The van der Waals surface area contributed by atoms with E-state index in [0.717, 1.165) is 130 Å². The number of likely N-dealkylation sites (tertiary alicyclic amines) is 3. The number of hydrogen-bond acceptors (Lipinski definition) is 15. The SMILES string of the molecule is CC1=CC(C(=O)N2CCC3(CC2)CC3CNC(=O)c2cc3ccncc3o2)=NC1.CC1=NCC=C1C(=O)N1CCC2(CC1)CC2CNC(=O)c1cc2ccncc2o1.Cn1nccc1C(=O)N1CCC2(CC1)CC2CNC(=O)c1cc2ccncc2o1. The minimum Gasteiger partial charge on any atom is -0.449 e. The van der Waals surface area contributed by atoms with Crippen molar-refractivity contribution in [3.05, 3.63) is 132 Å². The summed E-state index contributed by atoms with van der Waals surface area (Å²) in [6.45, 7) is 11.7. The van der Waals surface area contributed by atoms with Gasteiger partial charge in [-0.05, 0) is 166 Å². The number of rotatable bonds is 12. The molecule has 22 nitrogen and oxygen atoms in total. The van der Waals surface area contributed by atoms with Gasteiger partial charge in [0.1, 0.15) is 11.4 Å². The molecule has 0 radical (unpaired) electrons. The van der Waals surface area contributed by atoms with E-state index in [-0.39, 0.29) is 51.7 Å². The largest absolute Gasteiger partial charge is 0.449 e. The first-order chi connectivity index (χ1) is 42.1. The first-order valence-corrected chi connectivity index (χ1v) is 30.3. The predicted molar refractivity (Wildman–Crippen MR) is 323 cm³/mol. The van der Waals surface area contributed by atoms with Crippen molar-refractivity contribution < 1.29 is 42.0 Å². The van der Waals surface area contributed by atoms with Crippen molar-refractivity contribution in [2.45, 2.75) is 71.6 Å². The van der Waals surface area contributed by atoms with Crippen molar-refractivity contribution >= 4 is 79.8 Å². The second-order valence-corrected chi connectivity index (χ2v) is 24.9. The van der Waals surface area contributed by atoms with Crippen molar-refractivity contribution in [2.75, 3.05) is 72.0 Å². The number of amides is 6. The average molecular weight is 1180 g/mol. The van der Waals surface area contributed by atoms with Crippen LogP contribution in [-0.2, 0) is 16.6 Å². The molecule has 0 bridgehead atoms. The Balaban J connectivity index is 0.000000121. The monoisotopic (exact) mass is 1180 g/mol. The fourth-order valence-electron chi connectivity index (χ4n) is 13.9. The van der Waals surface area contributed by atoms with Gasteiger partial charge in [-0.1, -0.05) is 0 Å². The van der Waals surface area contributed by atoms with Crippen LogP contribution >= 0.6 is 0 Å². The Bertz CT molecular complexity index is 3870. The third kappa shape index (κ3) is 11.8. The molecular weight excluding hydrogens is 1110 g/mol. The zero-order valence-corrected chi connectivity index (χ0v) is 49.3. The van der Waals surface area contributed by atoms with Gasteiger partial charge in [-0.25, -0.2) is 0 Å². The zero-order chi connectivity index (χ0) is 60.0. The van der Waals surface area contributed by atoms with Crippen LogP contribution in [0.3, 0.4) is 0 Å². The molecule has 6 amide bonds. The molecule has 22 heteroatoms. The van der Waals surface area contributed by atoms with Gasteiger partial charge in [-0.15, -0.1) is 0 Å². The van der Waals surface area contributed by atoms with Gasteiger partial charge in [0.15, 0.2) is 34.0 Å². The molecule has 3 unspecified atom stereocenters. The van der Waals surface area contributed by atoms with Crippen LogP contribution in [0.1, 0.15) is 114 Å². The lowest BCUT2D eigenvalue weighted by Gasteiger charge is -2.33. The number of nitrogens with zero attached hydrogens (tertiary/aromatic N) is 10. The normalized spacial score (nSPS) is 21.7. The average Bonchev–Trinajstić information content (AvgIpc) is 1.70. The molecule has 3 saturated heterocycles. The lowest BCUT2D eigenvalue weighted by atomic mass is 9.90. The van der Waals surface area contributed by atoms with Gasteiger partial charge >= 0.3 is 0 Å². The Kier molecular flexibility index (Phi) is 15.3. The number of furan rings is 3. The van der Waals surface area contributed by atoms with Crippen molar-refractivity contribution in [3.8, 4) is 0 Å². The number of carbonyl (C=O) groups excluding carboxylic acids is 6. The van der Waals surface area contributed by atoms with E-state index in [1.807, 2.05) is 58.9 Å². The molecule has 7 aromatic heterocycles. The van der Waals surface area contributed by atoms with E-state index in [1.165, 1.54) is 0 Å². The van der Waals surface area contributed by atoms with Crippen LogP contribution in [0, 0.1) is 34.0 Å². The lowest BCUT2D eigenvalue weighted by Crippen LogP contribution is -2.42. The van der Waals surface area contributed by atoms with E-state index in [0.29, 0.717) is 95.9 Å². The molecule has 8 aliphatic rings. The Morgan fingerprint density at radius 2 is 0.954 bits per heavy atom. The summed E-state index contributed by atoms with van der Waals surface area (Å²) in [5.41, 5.74) is 6.64. The Hall–Kier alpha value is -9.08. The molecule has 3 N–H and O–H groups in total. The van der Waals surface area contributed by atoms with Crippen molar-refractivity contribution in [1.29, 1.82) is 0 Å². The molecule has 3 saturated carbocycles. The minimum atomic E-state index is -0.188. The van der Waals surface area contributed by atoms with Crippen molar-refractivity contribution in [2.24, 2.45) is 51.0 Å². The number of fused-ring (bicyclic) bond motifs is 3. The number of piperidine rings is 3. The predicted octanol–water partition coefficient (Wildman–Crippen LogP) is 7.41. The molecule has 5 aliphatic heterocycles. The molecule has 15 rings (SSSR count). The van der Waals surface area contributed by atoms with E-state index < -0.39 is 0 Å². The summed E-state index contributed by atoms with van der Waals surface area (Å²) >= 11 is 0. The van der Waals surface area contributed by atoms with Crippen LogP contribution in [0.25, 0.3) is 32.9 Å². The van der Waals surface area contributed by atoms with Crippen LogP contribution in [0.2, 0.25) is 0 Å². The fourth-order valence-corrected chi connectivity index (χ4v) is 13.9. The first kappa shape index (κ1) is 57.0. The molecule has 87 heavy (non-hydrogen) atoms. The minimum absolute atomic E-state index is 0.0460. The Morgan fingerprint density at radius 1 is 0.540 bits per heavy atom. The second kappa shape index (κ2) is 23.3. The fraction of sp³-hybridized carbons (Fsp3) is 0.446. The van der Waals surface area contributed by atoms with Gasteiger partial charge < -0.3 is 43.9 Å². The second-order valence-electron chi connectivity index (χ2n) is 24.9. The summed E-state index contributed by atoms with van der Waals surface area (Å²) < 4.78 is 18.4. The highest BCUT2D eigenvalue weighted by atomic mass is 16.4. The van der Waals surface area contributed by atoms with Crippen LogP contribution < -0.4 is 16.0 Å². The number of pyridine rings is 3. The summed E-state index contributed by atoms with van der Waals surface area (Å²) in [6, 6.07) is 12.5. The number of carbonyl (C=O) groups is 6. The number of aryl methyl sites for hydroxylation is 1. The standard InChI is InChI=1S/2C22H24N4O3.C21H23N5O3/c1-14-17(3-7-24-14)21(28)26-8-4-22(5-9-26)11-16(22)12-25-20(27)18-10-15-2-6-23-13-19(15)29-18;1-14-8-17(24-11-14)21(28)26-6-3-22(4-7-26)10-16(22)12-25-20(27)18-9-15-2-5-23-13-19(15)29-18;1-25-16(3-7-24-25)20(28)26-8-4-21(5-9-26)11-15(21)12-23-19(27)17-10-14-2-6-22-13-18(14)29-17/h2-3,6,10,13,16H,4-5,7-9,11-12H2,1H3,(H,25,27);2,5,8-9,13,16H,3-4,6-7,10-12H2,1H3,(H,25,27);2-3,6-7,10,13,15H,4-5,8-9,11-12H2,1H3,(H,23,27). The van der Waals surface area contributed by atoms with Crippen molar-refractivity contribution in [1.82, 2.24) is 55.4 Å². The maximum atomic E-state index is 12.7. The van der Waals surface area contributed by atoms with Gasteiger partial charge in [0.05, 0.1) is 37.3 Å². The van der Waals surface area contributed by atoms with Crippen LogP contribution in [-0.4, -0.2) is 158 Å². The highest BCUT2D eigenvalue weighted by Gasteiger charge is 2.57. The van der Waals surface area contributed by atoms with E-state index in [1.54, 1.807) is 79.4 Å². The van der Waals surface area contributed by atoms with Gasteiger partial charge in [0, 0.05) is 113 Å². The van der Waals surface area contributed by atoms with Gasteiger partial charge in [-0.3, -0.25) is 58.4 Å². The van der Waals surface area contributed by atoms with E-state index in [2.05, 4.69) is 46.0 Å². The summed E-state index contributed by atoms with van der Waals surface area (Å²) in [4.78, 5) is 102. The summed E-state index contributed by atoms with van der Waals surface area (Å²) in [5, 5.41) is 15.8. The van der Waals surface area contributed by atoms with Gasteiger partial charge in [0.25, 0.3) is 35.4 Å². The quantitative estimate of drug-likeness (QED) is 0.108. The van der Waals surface area contributed by atoms with Crippen LogP contribution in [0.15, 0.2) is 132 Å². The summed E-state index contributed by atoms with van der Waals surface area (Å²) in [7, 11) is 1.79. The van der Waals surface area contributed by atoms with E-state index in [9.17, 15) is 28.8 Å².